The first-order valence-corrected chi connectivity index (χ1v) is 13.1. The highest BCUT2D eigenvalue weighted by atomic mass is 16.5. The number of rotatable bonds is 9. The van der Waals surface area contributed by atoms with Crippen LogP contribution in [-0.4, -0.2) is 68.2 Å². The van der Waals surface area contributed by atoms with E-state index in [2.05, 4.69) is 28.7 Å². The fourth-order valence-corrected chi connectivity index (χ4v) is 4.79. The van der Waals surface area contributed by atoms with E-state index in [9.17, 15) is 4.79 Å². The number of carbonyl (C=O) groups excluding carboxylic acids is 1. The molecule has 2 aromatic heterocycles. The summed E-state index contributed by atoms with van der Waals surface area (Å²) in [6.07, 6.45) is 5.89. The van der Waals surface area contributed by atoms with E-state index < -0.39 is 0 Å². The summed E-state index contributed by atoms with van der Waals surface area (Å²) in [5, 5.41) is 5.66. The number of aromatic nitrogens is 4. The van der Waals surface area contributed by atoms with Gasteiger partial charge in [-0.1, -0.05) is 38.1 Å². The van der Waals surface area contributed by atoms with Crippen LogP contribution in [0.2, 0.25) is 0 Å². The highest BCUT2D eigenvalue weighted by molar-refractivity contribution is 5.98. The molecule has 9 nitrogen and oxygen atoms in total. The minimum atomic E-state index is 0.00127. The number of hydrogen-bond acceptors (Lipinski definition) is 7. The molecule has 1 aliphatic rings. The molecule has 196 valence electrons. The van der Waals surface area contributed by atoms with Crippen LogP contribution in [0.5, 0.6) is 11.5 Å². The van der Waals surface area contributed by atoms with Gasteiger partial charge in [0.1, 0.15) is 29.3 Å². The van der Waals surface area contributed by atoms with Gasteiger partial charge in [0.15, 0.2) is 5.65 Å². The predicted octanol–water partition coefficient (Wildman–Crippen LogP) is 4.54. The summed E-state index contributed by atoms with van der Waals surface area (Å²) in [5.41, 5.74) is 8.59. The number of amides is 1. The maximum atomic E-state index is 12.8. The lowest BCUT2D eigenvalue weighted by Crippen LogP contribution is -2.28. The standard InChI is InChI=1S/C29H33N7O2/c1-3-34(4-2)17-8-11-25(37)35-18-16-22(19-35)36-29-26(28(30)31-20-32-29)27(33-36)21-12-14-24(15-13-21)38-23-9-6-5-7-10-23/h5-15,20,22H,3-4,16-19H2,1-2H3,(H2,30,31,32). The van der Waals surface area contributed by atoms with Crippen molar-refractivity contribution in [3.63, 3.8) is 0 Å². The van der Waals surface area contributed by atoms with Gasteiger partial charge in [-0.05, 0) is 55.9 Å². The number of para-hydroxylation sites is 1. The molecule has 0 aliphatic carbocycles. The molecule has 3 heterocycles. The third-order valence-electron chi connectivity index (χ3n) is 6.96. The molecule has 0 saturated carbocycles. The van der Waals surface area contributed by atoms with Crippen LogP contribution in [0, 0.1) is 0 Å². The molecule has 38 heavy (non-hydrogen) atoms. The fourth-order valence-electron chi connectivity index (χ4n) is 4.79. The Morgan fingerprint density at radius 2 is 1.82 bits per heavy atom. The van der Waals surface area contributed by atoms with E-state index in [4.69, 9.17) is 15.6 Å². The van der Waals surface area contributed by atoms with Crippen LogP contribution in [0.25, 0.3) is 22.3 Å². The molecule has 1 aliphatic heterocycles. The summed E-state index contributed by atoms with van der Waals surface area (Å²) >= 11 is 0. The molecule has 1 fully saturated rings. The van der Waals surface area contributed by atoms with Gasteiger partial charge in [0, 0.05) is 31.3 Å². The van der Waals surface area contributed by atoms with Gasteiger partial charge in [-0.3, -0.25) is 4.79 Å². The van der Waals surface area contributed by atoms with E-state index in [1.54, 1.807) is 6.08 Å². The van der Waals surface area contributed by atoms with Crippen LogP contribution in [0.4, 0.5) is 5.82 Å². The monoisotopic (exact) mass is 511 g/mol. The van der Waals surface area contributed by atoms with E-state index in [0.29, 0.717) is 35.6 Å². The van der Waals surface area contributed by atoms with E-state index in [1.807, 2.05) is 70.3 Å². The zero-order valence-corrected chi connectivity index (χ0v) is 21.8. The Balaban J connectivity index is 1.36. The van der Waals surface area contributed by atoms with Gasteiger partial charge < -0.3 is 20.3 Å². The first kappa shape index (κ1) is 25.4. The van der Waals surface area contributed by atoms with Gasteiger partial charge in [-0.15, -0.1) is 0 Å². The molecule has 1 atom stereocenters. The van der Waals surface area contributed by atoms with E-state index in [1.165, 1.54) is 6.33 Å². The number of fused-ring (bicyclic) bond motifs is 1. The number of benzene rings is 2. The molecule has 2 aromatic carbocycles. The second-order valence-corrected chi connectivity index (χ2v) is 9.31. The van der Waals surface area contributed by atoms with Crippen LogP contribution in [0.15, 0.2) is 73.1 Å². The number of ether oxygens (including phenoxy) is 1. The Hall–Kier alpha value is -4.24. The van der Waals surface area contributed by atoms with Crippen molar-refractivity contribution in [2.45, 2.75) is 26.3 Å². The quantitative estimate of drug-likeness (QED) is 0.329. The zero-order chi connectivity index (χ0) is 26.5. The number of carbonyl (C=O) groups is 1. The van der Waals surface area contributed by atoms with Gasteiger partial charge in [-0.25, -0.2) is 14.6 Å². The van der Waals surface area contributed by atoms with Gasteiger partial charge in [0.2, 0.25) is 5.91 Å². The number of nitrogens with two attached hydrogens (primary N) is 1. The molecule has 5 rings (SSSR count). The number of nitrogens with zero attached hydrogens (tertiary/aromatic N) is 6. The highest BCUT2D eigenvalue weighted by Gasteiger charge is 2.30. The predicted molar refractivity (Wildman–Crippen MR) is 149 cm³/mol. The highest BCUT2D eigenvalue weighted by Crippen LogP contribution is 2.35. The average molecular weight is 512 g/mol. The molecule has 1 saturated heterocycles. The van der Waals surface area contributed by atoms with Crippen molar-refractivity contribution in [3.8, 4) is 22.8 Å². The number of likely N-dealkylation sites (tertiary alicyclic amines) is 1. The van der Waals surface area contributed by atoms with E-state index in [-0.39, 0.29) is 11.9 Å². The van der Waals surface area contributed by atoms with Crippen molar-refractivity contribution in [2.75, 3.05) is 38.5 Å². The average Bonchev–Trinajstić information content (AvgIpc) is 3.58. The summed E-state index contributed by atoms with van der Waals surface area (Å²) in [5.74, 6) is 1.91. The van der Waals surface area contributed by atoms with Crippen molar-refractivity contribution in [1.82, 2.24) is 29.5 Å². The summed E-state index contributed by atoms with van der Waals surface area (Å²) < 4.78 is 7.84. The second kappa shape index (κ2) is 11.4. The molecule has 2 N–H and O–H groups in total. The largest absolute Gasteiger partial charge is 0.457 e. The van der Waals surface area contributed by atoms with Gasteiger partial charge in [0.25, 0.3) is 0 Å². The first-order chi connectivity index (χ1) is 18.6. The Bertz CT molecular complexity index is 1410. The molecule has 9 heteroatoms. The third-order valence-corrected chi connectivity index (χ3v) is 6.96. The van der Waals surface area contributed by atoms with Gasteiger partial charge in [-0.2, -0.15) is 5.10 Å². The lowest BCUT2D eigenvalue weighted by molar-refractivity contribution is -0.125. The smallest absolute Gasteiger partial charge is 0.246 e. The molecular weight excluding hydrogens is 478 g/mol. The van der Waals surface area contributed by atoms with Crippen LogP contribution >= 0.6 is 0 Å². The normalized spacial score (nSPS) is 15.7. The summed E-state index contributed by atoms with van der Waals surface area (Å²) in [7, 11) is 0. The molecule has 0 bridgehead atoms. The molecule has 4 aromatic rings. The Kier molecular flexibility index (Phi) is 7.65. The summed E-state index contributed by atoms with van der Waals surface area (Å²) in [4.78, 5) is 25.7. The SMILES string of the molecule is CCN(CC)CC=CC(=O)N1CCC(n2nc(-c3ccc(Oc4ccccc4)cc3)c3c(N)ncnc32)C1. The van der Waals surface area contributed by atoms with Gasteiger partial charge in [0.05, 0.1) is 11.4 Å². The van der Waals surface area contributed by atoms with Crippen molar-refractivity contribution in [3.05, 3.63) is 73.1 Å². The topological polar surface area (TPSA) is 102 Å². The molecule has 0 spiro atoms. The van der Waals surface area contributed by atoms with Crippen molar-refractivity contribution in [1.29, 1.82) is 0 Å². The number of likely N-dealkylation sites (N-methyl/N-ethyl adjacent to an activating group) is 1. The van der Waals surface area contributed by atoms with Crippen LogP contribution in [-0.2, 0) is 4.79 Å². The second-order valence-electron chi connectivity index (χ2n) is 9.31. The van der Waals surface area contributed by atoms with Crippen LogP contribution in [0.1, 0.15) is 26.3 Å². The minimum absolute atomic E-state index is 0.00127. The lowest BCUT2D eigenvalue weighted by Gasteiger charge is -2.16. The Labute approximate surface area is 222 Å². The first-order valence-electron chi connectivity index (χ1n) is 13.1. The van der Waals surface area contributed by atoms with Crippen molar-refractivity contribution >= 4 is 22.8 Å². The van der Waals surface area contributed by atoms with Gasteiger partial charge >= 0.3 is 0 Å². The summed E-state index contributed by atoms with van der Waals surface area (Å²) in [6, 6.07) is 17.4. The molecule has 0 radical (unpaired) electrons. The van der Waals surface area contributed by atoms with E-state index in [0.717, 1.165) is 43.1 Å². The zero-order valence-electron chi connectivity index (χ0n) is 21.8. The van der Waals surface area contributed by atoms with Crippen molar-refractivity contribution < 1.29 is 9.53 Å². The maximum absolute atomic E-state index is 12.8. The number of nitrogen functional groups attached to an aromatic ring is 1. The minimum Gasteiger partial charge on any atom is -0.457 e. The third kappa shape index (κ3) is 5.38. The van der Waals surface area contributed by atoms with E-state index >= 15 is 0 Å². The van der Waals surface area contributed by atoms with Crippen molar-refractivity contribution in [2.24, 2.45) is 0 Å². The lowest BCUT2D eigenvalue weighted by atomic mass is 10.1. The number of anilines is 1. The van der Waals surface area contributed by atoms with Crippen LogP contribution in [0.3, 0.4) is 0 Å². The summed E-state index contributed by atoms with van der Waals surface area (Å²) in [6.45, 7) is 8.17. The fraction of sp³-hybridized carbons (Fsp3) is 0.310. The molecule has 1 amide bonds. The molecular formula is C29H33N7O2. The Morgan fingerprint density at radius 1 is 1.08 bits per heavy atom. The molecule has 1 unspecified atom stereocenters. The number of hydrogen-bond donors (Lipinski definition) is 1. The van der Waals surface area contributed by atoms with Crippen LogP contribution < -0.4 is 10.5 Å². The Morgan fingerprint density at radius 3 is 2.55 bits per heavy atom. The maximum Gasteiger partial charge on any atom is 0.246 e.